The number of rotatable bonds is 6. The topological polar surface area (TPSA) is 58.6 Å². The molecule has 1 saturated heterocycles. The minimum atomic E-state index is -3.45. The molecule has 0 aromatic heterocycles. The number of sulfonamides is 1. The van der Waals surface area contributed by atoms with E-state index in [-0.39, 0.29) is 6.04 Å². The summed E-state index contributed by atoms with van der Waals surface area (Å²) in [5.74, 6) is 0. The number of morpholine rings is 1. The second kappa shape index (κ2) is 8.10. The summed E-state index contributed by atoms with van der Waals surface area (Å²) in [7, 11) is -3.45. The SMILES string of the molecule is C[C@@H](NCc1cccc(S(=O)(=O)N2CCOCC2)c1)c1ccccc1. The van der Waals surface area contributed by atoms with E-state index in [1.54, 1.807) is 18.2 Å². The molecule has 2 aromatic carbocycles. The van der Waals surface area contributed by atoms with Crippen LogP contribution >= 0.6 is 0 Å². The van der Waals surface area contributed by atoms with Crippen LogP contribution in [0.5, 0.6) is 0 Å². The molecule has 1 atom stereocenters. The van der Waals surface area contributed by atoms with Gasteiger partial charge in [0.25, 0.3) is 0 Å². The lowest BCUT2D eigenvalue weighted by Crippen LogP contribution is -2.40. The van der Waals surface area contributed by atoms with Gasteiger partial charge in [-0.1, -0.05) is 42.5 Å². The third kappa shape index (κ3) is 4.46. The Morgan fingerprint density at radius 1 is 1.08 bits per heavy atom. The zero-order chi connectivity index (χ0) is 17.7. The molecule has 1 aliphatic heterocycles. The summed E-state index contributed by atoms with van der Waals surface area (Å²) in [4.78, 5) is 0.348. The Hall–Kier alpha value is -1.73. The molecule has 25 heavy (non-hydrogen) atoms. The van der Waals surface area contributed by atoms with Crippen LogP contribution in [0.25, 0.3) is 0 Å². The molecule has 1 heterocycles. The lowest BCUT2D eigenvalue weighted by Gasteiger charge is -2.26. The maximum atomic E-state index is 12.7. The molecule has 0 unspecified atom stereocenters. The first-order valence-corrected chi connectivity index (χ1v) is 9.96. The number of hydrogen-bond acceptors (Lipinski definition) is 4. The highest BCUT2D eigenvalue weighted by atomic mass is 32.2. The zero-order valence-electron chi connectivity index (χ0n) is 14.4. The van der Waals surface area contributed by atoms with Gasteiger partial charge in [-0.15, -0.1) is 0 Å². The minimum absolute atomic E-state index is 0.195. The van der Waals surface area contributed by atoms with Crippen molar-refractivity contribution in [3.63, 3.8) is 0 Å². The Labute approximate surface area is 149 Å². The normalized spacial score (nSPS) is 17.3. The maximum absolute atomic E-state index is 12.7. The van der Waals surface area contributed by atoms with Crippen LogP contribution in [0.15, 0.2) is 59.5 Å². The number of nitrogens with zero attached hydrogens (tertiary/aromatic N) is 1. The number of ether oxygens (including phenoxy) is 1. The number of benzene rings is 2. The van der Waals surface area contributed by atoms with E-state index in [0.29, 0.717) is 37.7 Å². The maximum Gasteiger partial charge on any atom is 0.243 e. The van der Waals surface area contributed by atoms with Crippen molar-refractivity contribution in [1.29, 1.82) is 0 Å². The highest BCUT2D eigenvalue weighted by molar-refractivity contribution is 7.89. The van der Waals surface area contributed by atoms with Crippen molar-refractivity contribution in [2.75, 3.05) is 26.3 Å². The second-order valence-corrected chi connectivity index (χ2v) is 8.12. The van der Waals surface area contributed by atoms with Gasteiger partial charge < -0.3 is 10.1 Å². The molecule has 2 aromatic rings. The molecule has 0 bridgehead atoms. The lowest BCUT2D eigenvalue weighted by atomic mass is 10.1. The fraction of sp³-hybridized carbons (Fsp3) is 0.368. The van der Waals surface area contributed by atoms with E-state index in [2.05, 4.69) is 24.4 Å². The van der Waals surface area contributed by atoms with Crippen molar-refractivity contribution < 1.29 is 13.2 Å². The van der Waals surface area contributed by atoms with E-state index in [9.17, 15) is 8.42 Å². The molecule has 1 fully saturated rings. The van der Waals surface area contributed by atoms with Gasteiger partial charge >= 0.3 is 0 Å². The van der Waals surface area contributed by atoms with Crippen LogP contribution in [0.3, 0.4) is 0 Å². The van der Waals surface area contributed by atoms with E-state index in [1.165, 1.54) is 9.87 Å². The molecule has 5 nitrogen and oxygen atoms in total. The quantitative estimate of drug-likeness (QED) is 0.860. The molecular formula is C19H24N2O3S. The number of nitrogens with one attached hydrogen (secondary N) is 1. The lowest BCUT2D eigenvalue weighted by molar-refractivity contribution is 0.0730. The van der Waals surface area contributed by atoms with Crippen LogP contribution < -0.4 is 5.32 Å². The Morgan fingerprint density at radius 2 is 1.80 bits per heavy atom. The first-order valence-electron chi connectivity index (χ1n) is 8.52. The van der Waals surface area contributed by atoms with Crippen molar-refractivity contribution >= 4 is 10.0 Å². The Kier molecular flexibility index (Phi) is 5.86. The van der Waals surface area contributed by atoms with E-state index < -0.39 is 10.0 Å². The fourth-order valence-corrected chi connectivity index (χ4v) is 4.36. The van der Waals surface area contributed by atoms with Gasteiger partial charge in [-0.05, 0) is 30.2 Å². The smallest absolute Gasteiger partial charge is 0.243 e. The predicted octanol–water partition coefficient (Wildman–Crippen LogP) is 2.56. The van der Waals surface area contributed by atoms with Gasteiger partial charge in [-0.2, -0.15) is 4.31 Å². The molecule has 0 spiro atoms. The molecule has 1 aliphatic rings. The van der Waals surface area contributed by atoms with Gasteiger partial charge in [0.05, 0.1) is 18.1 Å². The fourth-order valence-electron chi connectivity index (χ4n) is 2.88. The van der Waals surface area contributed by atoms with Crippen molar-refractivity contribution in [1.82, 2.24) is 9.62 Å². The summed E-state index contributed by atoms with van der Waals surface area (Å²) in [5.41, 5.74) is 2.16. The van der Waals surface area contributed by atoms with Crippen molar-refractivity contribution in [3.8, 4) is 0 Å². The Balaban J connectivity index is 1.69. The largest absolute Gasteiger partial charge is 0.379 e. The van der Waals surface area contributed by atoms with E-state index >= 15 is 0 Å². The minimum Gasteiger partial charge on any atom is -0.379 e. The zero-order valence-corrected chi connectivity index (χ0v) is 15.2. The van der Waals surface area contributed by atoms with Gasteiger partial charge in [0.15, 0.2) is 0 Å². The molecule has 134 valence electrons. The van der Waals surface area contributed by atoms with Crippen LogP contribution in [-0.4, -0.2) is 39.0 Å². The molecule has 6 heteroatoms. The van der Waals surface area contributed by atoms with Crippen molar-refractivity contribution in [2.24, 2.45) is 0 Å². The van der Waals surface area contributed by atoms with Gasteiger partial charge in [-0.25, -0.2) is 8.42 Å². The standard InChI is InChI=1S/C19H24N2O3S/c1-16(18-7-3-2-4-8-18)20-15-17-6-5-9-19(14-17)25(22,23)21-10-12-24-13-11-21/h2-9,14,16,20H,10-13,15H2,1H3/t16-/m1/s1. The summed E-state index contributed by atoms with van der Waals surface area (Å²) in [6.45, 7) is 4.45. The highest BCUT2D eigenvalue weighted by Crippen LogP contribution is 2.19. The molecule has 0 radical (unpaired) electrons. The van der Waals surface area contributed by atoms with Crippen LogP contribution in [0.4, 0.5) is 0 Å². The van der Waals surface area contributed by atoms with E-state index in [4.69, 9.17) is 4.74 Å². The molecule has 0 aliphatic carbocycles. The molecule has 0 amide bonds. The summed E-state index contributed by atoms with van der Waals surface area (Å²) >= 11 is 0. The summed E-state index contributed by atoms with van der Waals surface area (Å²) < 4.78 is 32.2. The average molecular weight is 360 g/mol. The van der Waals surface area contributed by atoms with Crippen LogP contribution in [0, 0.1) is 0 Å². The first-order chi connectivity index (χ1) is 12.1. The summed E-state index contributed by atoms with van der Waals surface area (Å²) in [6.07, 6.45) is 0. The highest BCUT2D eigenvalue weighted by Gasteiger charge is 2.26. The summed E-state index contributed by atoms with van der Waals surface area (Å²) in [5, 5.41) is 3.44. The van der Waals surface area contributed by atoms with Crippen LogP contribution in [-0.2, 0) is 21.3 Å². The molecule has 0 saturated carbocycles. The van der Waals surface area contributed by atoms with Crippen molar-refractivity contribution in [3.05, 3.63) is 65.7 Å². The third-order valence-corrected chi connectivity index (χ3v) is 6.31. The monoisotopic (exact) mass is 360 g/mol. The van der Waals surface area contributed by atoms with Gasteiger partial charge in [0.1, 0.15) is 0 Å². The third-order valence-electron chi connectivity index (χ3n) is 4.42. The Morgan fingerprint density at radius 3 is 2.52 bits per heavy atom. The van der Waals surface area contributed by atoms with E-state index in [1.807, 2.05) is 24.3 Å². The van der Waals surface area contributed by atoms with Gasteiger partial charge in [0.2, 0.25) is 10.0 Å². The van der Waals surface area contributed by atoms with Gasteiger partial charge in [0, 0.05) is 25.7 Å². The van der Waals surface area contributed by atoms with Gasteiger partial charge in [-0.3, -0.25) is 0 Å². The molecule has 1 N–H and O–H groups in total. The van der Waals surface area contributed by atoms with E-state index in [0.717, 1.165) is 5.56 Å². The molecule has 3 rings (SSSR count). The summed E-state index contributed by atoms with van der Waals surface area (Å²) in [6, 6.07) is 17.6. The number of hydrogen-bond donors (Lipinski definition) is 1. The van der Waals surface area contributed by atoms with Crippen LogP contribution in [0.1, 0.15) is 24.1 Å². The second-order valence-electron chi connectivity index (χ2n) is 6.18. The van der Waals surface area contributed by atoms with Crippen LogP contribution in [0.2, 0.25) is 0 Å². The Bertz CT molecular complexity index is 787. The average Bonchev–Trinajstić information content (AvgIpc) is 2.67. The van der Waals surface area contributed by atoms with Crippen molar-refractivity contribution in [2.45, 2.75) is 24.4 Å². The first kappa shape index (κ1) is 18.1. The predicted molar refractivity (Wildman–Crippen MR) is 97.7 cm³/mol. The molecular weight excluding hydrogens is 336 g/mol.